The third-order valence-corrected chi connectivity index (χ3v) is 7.62. The molecule has 0 spiro atoms. The van der Waals surface area contributed by atoms with Crippen molar-refractivity contribution in [3.05, 3.63) is 75.8 Å². The number of thioether (sulfide) groups is 1. The third-order valence-electron chi connectivity index (χ3n) is 5.98. The van der Waals surface area contributed by atoms with Gasteiger partial charge >= 0.3 is 5.97 Å². The Morgan fingerprint density at radius 1 is 1.23 bits per heavy atom. The van der Waals surface area contributed by atoms with Crippen LogP contribution in [0.15, 0.2) is 59.6 Å². The number of carbonyl (C=O) groups excluding carboxylic acids is 1. The highest BCUT2D eigenvalue weighted by molar-refractivity contribution is 8.01. The van der Waals surface area contributed by atoms with Gasteiger partial charge in [-0.2, -0.15) is 0 Å². The average molecular weight is 439 g/mol. The summed E-state index contributed by atoms with van der Waals surface area (Å²) in [6.07, 6.45) is 1.72. The van der Waals surface area contributed by atoms with Crippen LogP contribution in [0.2, 0.25) is 0 Å². The van der Waals surface area contributed by atoms with Crippen LogP contribution in [-0.4, -0.2) is 54.7 Å². The molecule has 4 rings (SSSR count). The van der Waals surface area contributed by atoms with Crippen LogP contribution in [0.5, 0.6) is 0 Å². The second-order valence-corrected chi connectivity index (χ2v) is 9.87. The fraction of sp³-hybridized carbons (Fsp3) is 0.318. The highest BCUT2D eigenvalue weighted by Gasteiger charge is 2.72. The molecule has 2 aliphatic rings. The molecule has 2 aromatic carbocycles. The number of aliphatic carboxylic acids is 1. The lowest BCUT2D eigenvalue weighted by molar-refractivity contribution is -0.384. The van der Waals surface area contributed by atoms with Gasteiger partial charge in [0.05, 0.1) is 4.92 Å². The summed E-state index contributed by atoms with van der Waals surface area (Å²) < 4.78 is -0.730. The number of carboxylic acid groups (broad SMARTS) is 1. The fourth-order valence-corrected chi connectivity index (χ4v) is 6.03. The van der Waals surface area contributed by atoms with Gasteiger partial charge in [0.25, 0.3) is 11.6 Å². The molecule has 0 saturated carbocycles. The van der Waals surface area contributed by atoms with Gasteiger partial charge in [-0.1, -0.05) is 30.3 Å². The predicted molar refractivity (Wildman–Crippen MR) is 117 cm³/mol. The number of carboxylic acids is 1. The molecule has 2 heterocycles. The van der Waals surface area contributed by atoms with Crippen LogP contribution in [-0.2, 0) is 16.0 Å². The number of nitrogens with zero attached hydrogens (tertiary/aromatic N) is 3. The van der Waals surface area contributed by atoms with Crippen LogP contribution in [0.3, 0.4) is 0 Å². The summed E-state index contributed by atoms with van der Waals surface area (Å²) in [6.45, 7) is 3.72. The molecule has 9 heteroatoms. The highest BCUT2D eigenvalue weighted by atomic mass is 32.2. The van der Waals surface area contributed by atoms with Crippen molar-refractivity contribution in [2.75, 3.05) is 0 Å². The summed E-state index contributed by atoms with van der Waals surface area (Å²) in [7, 11) is 0. The third kappa shape index (κ3) is 3.29. The molecule has 2 aromatic rings. The van der Waals surface area contributed by atoms with Gasteiger partial charge in [-0.3, -0.25) is 19.9 Å². The van der Waals surface area contributed by atoms with Gasteiger partial charge in [-0.25, -0.2) is 4.79 Å². The van der Waals surface area contributed by atoms with Crippen molar-refractivity contribution >= 4 is 35.5 Å². The van der Waals surface area contributed by atoms with E-state index in [4.69, 9.17) is 0 Å². The number of hydrogen-bond acceptors (Lipinski definition) is 6. The van der Waals surface area contributed by atoms with Crippen LogP contribution in [0.4, 0.5) is 5.69 Å². The maximum Gasteiger partial charge on any atom is 0.331 e. The lowest BCUT2D eigenvalue weighted by Crippen LogP contribution is -2.72. The number of aliphatic imine (C=N–C) groups is 1. The van der Waals surface area contributed by atoms with Crippen molar-refractivity contribution < 1.29 is 19.6 Å². The van der Waals surface area contributed by atoms with Gasteiger partial charge in [-0.15, -0.1) is 11.8 Å². The van der Waals surface area contributed by atoms with E-state index >= 15 is 0 Å². The zero-order valence-corrected chi connectivity index (χ0v) is 17.8. The summed E-state index contributed by atoms with van der Waals surface area (Å²) in [5.74, 6) is -1.35. The number of hydrogen-bond donors (Lipinski definition) is 1. The van der Waals surface area contributed by atoms with Crippen LogP contribution in [0.1, 0.15) is 25.0 Å². The van der Waals surface area contributed by atoms with E-state index in [2.05, 4.69) is 4.99 Å². The molecule has 2 aliphatic heterocycles. The van der Waals surface area contributed by atoms with E-state index in [9.17, 15) is 24.8 Å². The largest absolute Gasteiger partial charge is 0.479 e. The monoisotopic (exact) mass is 439 g/mol. The van der Waals surface area contributed by atoms with Gasteiger partial charge < -0.3 is 10.0 Å². The van der Waals surface area contributed by atoms with Crippen molar-refractivity contribution in [2.45, 2.75) is 42.0 Å². The Bertz CT molecular complexity index is 1070. The van der Waals surface area contributed by atoms with Gasteiger partial charge in [-0.05, 0) is 37.1 Å². The van der Waals surface area contributed by atoms with E-state index in [1.807, 2.05) is 44.2 Å². The number of amides is 1. The molecule has 0 radical (unpaired) electrons. The zero-order chi connectivity index (χ0) is 22.4. The maximum atomic E-state index is 13.1. The lowest BCUT2D eigenvalue weighted by Gasteiger charge is -2.48. The fourth-order valence-electron chi connectivity index (χ4n) is 4.27. The first-order chi connectivity index (χ1) is 14.7. The van der Waals surface area contributed by atoms with Crippen LogP contribution < -0.4 is 0 Å². The molecule has 2 fully saturated rings. The Labute approximate surface area is 183 Å². The second-order valence-electron chi connectivity index (χ2n) is 8.13. The number of fused-ring (bicyclic) bond motifs is 1. The van der Waals surface area contributed by atoms with E-state index in [1.165, 1.54) is 35.0 Å². The maximum absolute atomic E-state index is 13.1. The molecule has 8 nitrogen and oxygen atoms in total. The van der Waals surface area contributed by atoms with Crippen molar-refractivity contribution in [2.24, 2.45) is 4.99 Å². The molecule has 2 saturated heterocycles. The van der Waals surface area contributed by atoms with Gasteiger partial charge in [0.2, 0.25) is 0 Å². The standard InChI is InChI=1S/C22H21N3O5S/c1-21(2)22(20(27)28,12-14-6-4-3-5-7-14)24-18(26)17(19(24)31-21)23-13-15-8-10-16(11-9-15)25(29)30/h3-11,13,17,19H,12H2,1-2H3,(H,27,28)/t17?,19-,22+/m1/s1. The summed E-state index contributed by atoms with van der Waals surface area (Å²) in [4.78, 5) is 41.8. The molecule has 1 N–H and O–H groups in total. The summed E-state index contributed by atoms with van der Waals surface area (Å²) in [5, 5.41) is 20.7. The Morgan fingerprint density at radius 2 is 1.87 bits per heavy atom. The molecular formula is C22H21N3O5S. The highest BCUT2D eigenvalue weighted by Crippen LogP contribution is 2.58. The normalized spacial score (nSPS) is 26.5. The quantitative estimate of drug-likeness (QED) is 0.320. The molecule has 1 unspecified atom stereocenters. The first kappa shape index (κ1) is 21.0. The van der Waals surface area contributed by atoms with Crippen molar-refractivity contribution in [1.82, 2.24) is 4.90 Å². The van der Waals surface area contributed by atoms with Crippen LogP contribution in [0.25, 0.3) is 0 Å². The molecule has 31 heavy (non-hydrogen) atoms. The summed E-state index contributed by atoms with van der Waals surface area (Å²) in [6, 6.07) is 14.5. The lowest BCUT2D eigenvalue weighted by atomic mass is 9.76. The molecule has 1 amide bonds. The minimum atomic E-state index is -1.37. The molecule has 0 aliphatic carbocycles. The van der Waals surface area contributed by atoms with Gasteiger partial charge in [0, 0.05) is 29.5 Å². The van der Waals surface area contributed by atoms with Gasteiger partial charge in [0.1, 0.15) is 5.37 Å². The topological polar surface area (TPSA) is 113 Å². The number of carbonyl (C=O) groups is 2. The Kier molecular flexibility index (Phi) is 5.09. The average Bonchev–Trinajstić information content (AvgIpc) is 2.94. The van der Waals surface area contributed by atoms with Crippen LogP contribution in [0, 0.1) is 10.1 Å². The molecule has 3 atom stereocenters. The van der Waals surface area contributed by atoms with Crippen LogP contribution >= 0.6 is 11.8 Å². The van der Waals surface area contributed by atoms with Crippen molar-refractivity contribution in [3.63, 3.8) is 0 Å². The Balaban J connectivity index is 1.60. The van der Waals surface area contributed by atoms with E-state index in [-0.39, 0.29) is 23.4 Å². The summed E-state index contributed by atoms with van der Waals surface area (Å²) in [5.41, 5.74) is 0.0844. The van der Waals surface area contributed by atoms with Crippen molar-refractivity contribution in [3.8, 4) is 0 Å². The molecule has 0 bridgehead atoms. The van der Waals surface area contributed by atoms with E-state index in [0.29, 0.717) is 5.56 Å². The minimum absolute atomic E-state index is 0.0247. The number of nitro groups is 1. The summed E-state index contributed by atoms with van der Waals surface area (Å²) >= 11 is 1.45. The minimum Gasteiger partial charge on any atom is -0.479 e. The second kappa shape index (κ2) is 7.49. The predicted octanol–water partition coefficient (Wildman–Crippen LogP) is 3.14. The van der Waals surface area contributed by atoms with E-state index < -0.39 is 27.2 Å². The zero-order valence-electron chi connectivity index (χ0n) is 17.0. The Hall–Kier alpha value is -3.20. The first-order valence-corrected chi connectivity index (χ1v) is 10.6. The number of β-lactam (4-membered cyclic amide) rings is 1. The number of non-ortho nitro benzene ring substituents is 1. The number of rotatable bonds is 6. The number of benzene rings is 2. The number of nitro benzene ring substituents is 1. The van der Waals surface area contributed by atoms with E-state index in [1.54, 1.807) is 12.1 Å². The van der Waals surface area contributed by atoms with Gasteiger partial charge in [0.15, 0.2) is 11.6 Å². The van der Waals surface area contributed by atoms with E-state index in [0.717, 1.165) is 5.56 Å². The van der Waals surface area contributed by atoms with Crippen molar-refractivity contribution in [1.29, 1.82) is 0 Å². The smallest absolute Gasteiger partial charge is 0.331 e. The molecule has 160 valence electrons. The molecular weight excluding hydrogens is 418 g/mol. The Morgan fingerprint density at radius 3 is 2.45 bits per heavy atom. The molecule has 0 aromatic heterocycles. The SMILES string of the molecule is CC1(C)S[C@@H]2C(N=Cc3ccc([N+](=O)[O-])cc3)C(=O)N2[C@@]1(Cc1ccccc1)C(=O)O. The first-order valence-electron chi connectivity index (χ1n) is 9.73.